The van der Waals surface area contributed by atoms with Crippen molar-refractivity contribution in [2.75, 3.05) is 45.0 Å². The van der Waals surface area contributed by atoms with Crippen LogP contribution in [0.5, 0.6) is 0 Å². The molecule has 0 aromatic carbocycles. The number of amides is 2. The van der Waals surface area contributed by atoms with Gasteiger partial charge in [0, 0.05) is 39.6 Å². The van der Waals surface area contributed by atoms with E-state index in [-0.39, 0.29) is 28.7 Å². The Kier molecular flexibility index (Phi) is 6.94. The fourth-order valence-corrected chi connectivity index (χ4v) is 4.01. The minimum atomic E-state index is -1.42. The van der Waals surface area contributed by atoms with Crippen LogP contribution < -0.4 is 11.1 Å². The van der Waals surface area contributed by atoms with Crippen LogP contribution in [-0.4, -0.2) is 109 Å². The van der Waals surface area contributed by atoms with E-state index in [2.05, 4.69) is 37.0 Å². The number of nitrogens with one attached hydrogen (secondary N) is 1. The highest BCUT2D eigenvalue weighted by molar-refractivity contribution is 5.83. The van der Waals surface area contributed by atoms with E-state index in [4.69, 9.17) is 10.5 Å². The van der Waals surface area contributed by atoms with Crippen LogP contribution in [0.1, 0.15) is 25.9 Å². The molecule has 4 heterocycles. The highest BCUT2D eigenvalue weighted by Crippen LogP contribution is 2.32. The normalized spacial score (nSPS) is 25.2. The molecule has 2 aliphatic heterocycles. The maximum Gasteiger partial charge on any atom is 0.252 e. The van der Waals surface area contributed by atoms with Gasteiger partial charge >= 0.3 is 0 Å². The van der Waals surface area contributed by atoms with Gasteiger partial charge in [0.05, 0.1) is 12.9 Å². The summed E-state index contributed by atoms with van der Waals surface area (Å²) in [6.07, 6.45) is -3.78. The van der Waals surface area contributed by atoms with Crippen molar-refractivity contribution in [1.82, 2.24) is 34.6 Å². The van der Waals surface area contributed by atoms with Crippen molar-refractivity contribution in [2.24, 2.45) is 0 Å². The number of nitrogens with two attached hydrogens (primary N) is 1. The summed E-state index contributed by atoms with van der Waals surface area (Å²) >= 11 is 0. The van der Waals surface area contributed by atoms with Crippen LogP contribution in [0.3, 0.4) is 0 Å². The molecule has 5 N–H and O–H groups in total. The van der Waals surface area contributed by atoms with E-state index in [1.54, 1.807) is 18.7 Å². The lowest BCUT2D eigenvalue weighted by Crippen LogP contribution is -2.47. The van der Waals surface area contributed by atoms with Gasteiger partial charge in [-0.1, -0.05) is 5.92 Å². The van der Waals surface area contributed by atoms with Crippen molar-refractivity contribution in [3.63, 3.8) is 0 Å². The number of rotatable bonds is 4. The molecule has 2 aliphatic rings. The second-order valence-electron chi connectivity index (χ2n) is 8.16. The monoisotopic (exact) mass is 472 g/mol. The Bertz CT molecular complexity index is 1130. The lowest BCUT2D eigenvalue weighted by Gasteiger charge is -2.32. The summed E-state index contributed by atoms with van der Waals surface area (Å²) < 4.78 is 7.07. The largest absolute Gasteiger partial charge is 0.387 e. The van der Waals surface area contributed by atoms with E-state index in [1.165, 1.54) is 10.9 Å². The highest BCUT2D eigenvalue weighted by atomic mass is 16.6. The van der Waals surface area contributed by atoms with Gasteiger partial charge in [0.25, 0.3) is 5.91 Å². The van der Waals surface area contributed by atoms with Gasteiger partial charge in [0.15, 0.2) is 23.8 Å². The fraction of sp³-hybridized carbons (Fsp3) is 0.571. The first-order chi connectivity index (χ1) is 16.3. The van der Waals surface area contributed by atoms with E-state index in [0.29, 0.717) is 26.2 Å². The maximum atomic E-state index is 12.2. The zero-order chi connectivity index (χ0) is 24.4. The number of carbonyl (C=O) groups excluding carboxylic acids is 2. The Morgan fingerprint density at radius 2 is 1.97 bits per heavy atom. The number of anilines is 1. The molecule has 0 bridgehead atoms. The third-order valence-corrected chi connectivity index (χ3v) is 5.89. The van der Waals surface area contributed by atoms with Gasteiger partial charge in [-0.3, -0.25) is 19.1 Å². The van der Waals surface area contributed by atoms with Crippen molar-refractivity contribution in [2.45, 2.75) is 38.4 Å². The molecule has 4 atom stereocenters. The molecular formula is C21H28N8O5. The van der Waals surface area contributed by atoms with Crippen molar-refractivity contribution in [3.05, 3.63) is 12.2 Å². The number of piperazine rings is 1. The molecule has 2 aromatic heterocycles. The van der Waals surface area contributed by atoms with Crippen molar-refractivity contribution in [1.29, 1.82) is 0 Å². The molecule has 34 heavy (non-hydrogen) atoms. The molecule has 182 valence electrons. The van der Waals surface area contributed by atoms with Gasteiger partial charge in [-0.25, -0.2) is 15.0 Å². The lowest BCUT2D eigenvalue weighted by molar-refractivity contribution is -0.137. The second kappa shape index (κ2) is 9.90. The van der Waals surface area contributed by atoms with Gasteiger partial charge in [0.2, 0.25) is 11.7 Å². The zero-order valence-electron chi connectivity index (χ0n) is 19.0. The number of ether oxygens (including phenoxy) is 1. The second-order valence-corrected chi connectivity index (χ2v) is 8.16. The molecule has 0 spiro atoms. The number of aliphatic hydroxyl groups is 2. The summed E-state index contributed by atoms with van der Waals surface area (Å²) in [6.45, 7) is 6.94. The summed E-state index contributed by atoms with van der Waals surface area (Å²) in [7, 11) is 0. The van der Waals surface area contributed by atoms with Crippen LogP contribution in [0.4, 0.5) is 5.82 Å². The summed E-state index contributed by atoms with van der Waals surface area (Å²) in [5, 5.41) is 23.4. The Morgan fingerprint density at radius 1 is 1.24 bits per heavy atom. The van der Waals surface area contributed by atoms with E-state index < -0.39 is 30.4 Å². The van der Waals surface area contributed by atoms with Crippen molar-refractivity contribution in [3.8, 4) is 11.8 Å². The number of aromatic nitrogens is 4. The molecule has 2 saturated heterocycles. The van der Waals surface area contributed by atoms with E-state index in [9.17, 15) is 19.8 Å². The third kappa shape index (κ3) is 4.66. The average Bonchev–Trinajstić information content (AvgIpc) is 3.36. The summed E-state index contributed by atoms with van der Waals surface area (Å²) in [5.74, 6) is 5.75. The Labute approximate surface area is 195 Å². The first-order valence-electron chi connectivity index (χ1n) is 11.1. The average molecular weight is 473 g/mol. The smallest absolute Gasteiger partial charge is 0.252 e. The van der Waals surface area contributed by atoms with Crippen LogP contribution in [0, 0.1) is 11.8 Å². The first kappa shape index (κ1) is 23.8. The van der Waals surface area contributed by atoms with Crippen molar-refractivity contribution < 1.29 is 24.5 Å². The molecular weight excluding hydrogens is 444 g/mol. The topological polar surface area (TPSA) is 172 Å². The minimum absolute atomic E-state index is 0.0701. The summed E-state index contributed by atoms with van der Waals surface area (Å²) in [5.41, 5.74) is 6.60. The fourth-order valence-electron chi connectivity index (χ4n) is 4.01. The van der Waals surface area contributed by atoms with Gasteiger partial charge in [-0.05, 0) is 12.8 Å². The van der Waals surface area contributed by atoms with Gasteiger partial charge < -0.3 is 30.9 Å². The number of hydrogen-bond donors (Lipinski definition) is 4. The molecule has 0 saturated carbocycles. The van der Waals surface area contributed by atoms with Crippen LogP contribution in [0.2, 0.25) is 0 Å². The number of nitrogen functional groups attached to an aromatic ring is 1. The van der Waals surface area contributed by atoms with Gasteiger partial charge in [0.1, 0.15) is 17.7 Å². The minimum Gasteiger partial charge on any atom is -0.387 e. The predicted molar refractivity (Wildman–Crippen MR) is 120 cm³/mol. The number of imidazole rings is 1. The zero-order valence-corrected chi connectivity index (χ0v) is 19.0. The van der Waals surface area contributed by atoms with E-state index >= 15 is 0 Å². The van der Waals surface area contributed by atoms with E-state index in [0.717, 1.165) is 13.1 Å². The van der Waals surface area contributed by atoms with Crippen LogP contribution in [0.25, 0.3) is 11.2 Å². The number of likely N-dealkylation sites (N-methyl/N-ethyl adjacent to an activating group) is 1. The summed E-state index contributed by atoms with van der Waals surface area (Å²) in [4.78, 5) is 40.3. The SMILES string of the molecule is CCNC(=O)[C@H]1O[C@@H](n2cnc3c(N)nc(C#CCN4CCN(C(C)=O)CC4)nc32)[C@@H](O)C1O. The maximum absolute atomic E-state index is 12.2. The standard InChI is InChI=1S/C21H28N8O5/c1-3-23-20(33)17-15(31)16(32)21(34-17)29-11-24-14-18(22)25-13(26-19(14)29)5-4-6-27-7-9-28(10-8-27)12(2)30/h11,15-17,21,31-32H,3,6-10H2,1-2H3,(H,23,33)(H2,22,25,26)/t15?,16-,17-,21+/m0/s1. The van der Waals surface area contributed by atoms with Gasteiger partial charge in [-0.15, -0.1) is 0 Å². The van der Waals surface area contributed by atoms with Crippen molar-refractivity contribution >= 4 is 28.8 Å². The Balaban J connectivity index is 1.52. The van der Waals surface area contributed by atoms with Crippen LogP contribution in [-0.2, 0) is 14.3 Å². The summed E-state index contributed by atoms with van der Waals surface area (Å²) in [6, 6.07) is 0. The number of fused-ring (bicyclic) bond motifs is 1. The Hall–Kier alpha value is -3.31. The molecule has 4 rings (SSSR count). The van der Waals surface area contributed by atoms with Gasteiger partial charge in [-0.2, -0.15) is 0 Å². The molecule has 2 aromatic rings. The third-order valence-electron chi connectivity index (χ3n) is 5.89. The molecule has 13 heteroatoms. The van der Waals surface area contributed by atoms with Crippen LogP contribution in [0.15, 0.2) is 6.33 Å². The predicted octanol–water partition coefficient (Wildman–Crippen LogP) is -2.32. The molecule has 1 unspecified atom stereocenters. The Morgan fingerprint density at radius 3 is 2.65 bits per heavy atom. The number of carbonyl (C=O) groups is 2. The molecule has 2 amide bonds. The lowest BCUT2D eigenvalue weighted by atomic mass is 10.1. The highest BCUT2D eigenvalue weighted by Gasteiger charge is 2.47. The first-order valence-corrected chi connectivity index (χ1v) is 11.1. The quantitative estimate of drug-likeness (QED) is 0.354. The molecule has 0 radical (unpaired) electrons. The van der Waals surface area contributed by atoms with Crippen LogP contribution >= 0.6 is 0 Å². The molecule has 2 fully saturated rings. The molecule has 0 aliphatic carbocycles. The number of nitrogens with zero attached hydrogens (tertiary/aromatic N) is 6. The number of aliphatic hydroxyl groups excluding tert-OH is 2. The number of hydrogen-bond acceptors (Lipinski definition) is 10. The molecule has 13 nitrogen and oxygen atoms in total. The van der Waals surface area contributed by atoms with E-state index in [1.807, 2.05) is 0 Å².